The van der Waals surface area contributed by atoms with Gasteiger partial charge in [0.2, 0.25) is 5.91 Å². The number of hydrogen-bond donors (Lipinski definition) is 1. The lowest BCUT2D eigenvalue weighted by molar-refractivity contribution is -0.121. The van der Waals surface area contributed by atoms with E-state index in [0.29, 0.717) is 6.42 Å². The topological polar surface area (TPSA) is 35.6 Å². The number of benzene rings is 2. The van der Waals surface area contributed by atoms with E-state index in [0.717, 1.165) is 45.6 Å². The number of carbonyl (C=O) groups excluding carboxylic acids is 1. The van der Waals surface area contributed by atoms with E-state index in [1.807, 2.05) is 18.2 Å². The van der Waals surface area contributed by atoms with Crippen LogP contribution in [0.2, 0.25) is 0 Å². The Balaban J connectivity index is 1.33. The minimum Gasteiger partial charge on any atom is -0.369 e. The monoisotopic (exact) mass is 379 g/mol. The normalized spacial score (nSPS) is 16.0. The molecule has 0 aromatic heterocycles. The number of anilines is 1. The first-order valence-corrected chi connectivity index (χ1v) is 10.5. The molecule has 2 aromatic rings. The molecular weight excluding hydrogens is 346 g/mol. The van der Waals surface area contributed by atoms with Crippen LogP contribution in [0.1, 0.15) is 30.9 Å². The van der Waals surface area contributed by atoms with Crippen molar-refractivity contribution in [1.82, 2.24) is 10.2 Å². The number of rotatable bonds is 8. The van der Waals surface area contributed by atoms with E-state index in [1.54, 1.807) is 0 Å². The summed E-state index contributed by atoms with van der Waals surface area (Å²) in [6.07, 6.45) is 2.37. The van der Waals surface area contributed by atoms with Crippen molar-refractivity contribution >= 4 is 11.6 Å². The molecule has 2 aromatic carbocycles. The lowest BCUT2D eigenvalue weighted by atomic mass is 10.1. The number of amides is 1. The molecule has 1 fully saturated rings. The highest BCUT2D eigenvalue weighted by Crippen LogP contribution is 2.18. The van der Waals surface area contributed by atoms with Crippen molar-refractivity contribution in [3.63, 3.8) is 0 Å². The molecular formula is C24H33N3O. The lowest BCUT2D eigenvalue weighted by Gasteiger charge is -2.36. The van der Waals surface area contributed by atoms with Crippen LogP contribution >= 0.6 is 0 Å². The van der Waals surface area contributed by atoms with Gasteiger partial charge < -0.3 is 10.2 Å². The van der Waals surface area contributed by atoms with Gasteiger partial charge in [0.1, 0.15) is 0 Å². The van der Waals surface area contributed by atoms with Crippen molar-refractivity contribution in [2.75, 3.05) is 37.6 Å². The molecule has 1 amide bonds. The van der Waals surface area contributed by atoms with Gasteiger partial charge in [-0.1, -0.05) is 42.5 Å². The van der Waals surface area contributed by atoms with E-state index < -0.39 is 0 Å². The minimum absolute atomic E-state index is 0.153. The van der Waals surface area contributed by atoms with Gasteiger partial charge in [0, 0.05) is 50.9 Å². The van der Waals surface area contributed by atoms with E-state index in [-0.39, 0.29) is 11.9 Å². The average Bonchev–Trinajstić information content (AvgIpc) is 2.72. The fourth-order valence-electron chi connectivity index (χ4n) is 3.75. The van der Waals surface area contributed by atoms with Gasteiger partial charge >= 0.3 is 0 Å². The third kappa shape index (κ3) is 6.38. The van der Waals surface area contributed by atoms with Crippen molar-refractivity contribution in [3.8, 4) is 0 Å². The predicted molar refractivity (Wildman–Crippen MR) is 117 cm³/mol. The number of hydrogen-bond acceptors (Lipinski definition) is 3. The zero-order chi connectivity index (χ0) is 19.8. The second-order valence-corrected chi connectivity index (χ2v) is 7.91. The summed E-state index contributed by atoms with van der Waals surface area (Å²) < 4.78 is 0. The summed E-state index contributed by atoms with van der Waals surface area (Å²) >= 11 is 0. The van der Waals surface area contributed by atoms with Crippen molar-refractivity contribution in [2.24, 2.45) is 0 Å². The van der Waals surface area contributed by atoms with Crippen molar-refractivity contribution in [2.45, 2.75) is 39.2 Å². The lowest BCUT2D eigenvalue weighted by Crippen LogP contribution is -2.47. The van der Waals surface area contributed by atoms with Crippen LogP contribution in [-0.2, 0) is 11.2 Å². The van der Waals surface area contributed by atoms with Crippen molar-refractivity contribution < 1.29 is 4.79 Å². The Bertz CT molecular complexity index is 739. The number of nitrogens with zero attached hydrogens (tertiary/aromatic N) is 2. The molecule has 1 heterocycles. The second kappa shape index (κ2) is 10.3. The van der Waals surface area contributed by atoms with Gasteiger partial charge in [-0.2, -0.15) is 0 Å². The van der Waals surface area contributed by atoms with Crippen LogP contribution < -0.4 is 10.2 Å². The average molecular weight is 380 g/mol. The first-order chi connectivity index (χ1) is 13.6. The summed E-state index contributed by atoms with van der Waals surface area (Å²) in [7, 11) is 0. The van der Waals surface area contributed by atoms with Crippen LogP contribution in [0.3, 0.4) is 0 Å². The summed E-state index contributed by atoms with van der Waals surface area (Å²) in [4.78, 5) is 17.2. The number of aryl methyl sites for hydroxylation is 2. The largest absolute Gasteiger partial charge is 0.369 e. The van der Waals surface area contributed by atoms with E-state index in [2.05, 4.69) is 65.4 Å². The van der Waals surface area contributed by atoms with E-state index in [1.165, 1.54) is 16.8 Å². The highest BCUT2D eigenvalue weighted by Gasteiger charge is 2.18. The Labute approximate surface area is 169 Å². The van der Waals surface area contributed by atoms with Gasteiger partial charge in [-0.3, -0.25) is 9.69 Å². The molecule has 4 heteroatoms. The maximum absolute atomic E-state index is 12.2. The molecule has 1 atom stereocenters. The first kappa shape index (κ1) is 20.4. The molecule has 1 N–H and O–H groups in total. The van der Waals surface area contributed by atoms with Gasteiger partial charge in [-0.25, -0.2) is 0 Å². The zero-order valence-corrected chi connectivity index (χ0v) is 17.2. The fourth-order valence-corrected chi connectivity index (χ4v) is 3.75. The van der Waals surface area contributed by atoms with Gasteiger partial charge in [0.15, 0.2) is 0 Å². The Hall–Kier alpha value is -2.33. The third-order valence-corrected chi connectivity index (χ3v) is 5.51. The summed E-state index contributed by atoms with van der Waals surface area (Å²) in [5.41, 5.74) is 3.87. The second-order valence-electron chi connectivity index (χ2n) is 7.91. The summed E-state index contributed by atoms with van der Waals surface area (Å²) in [5, 5.41) is 3.15. The number of carbonyl (C=O) groups is 1. The first-order valence-electron chi connectivity index (χ1n) is 10.5. The van der Waals surface area contributed by atoms with Crippen molar-refractivity contribution in [3.05, 3.63) is 65.7 Å². The van der Waals surface area contributed by atoms with Crippen molar-refractivity contribution in [1.29, 1.82) is 0 Å². The molecule has 0 radical (unpaired) electrons. The Morgan fingerprint density at radius 2 is 1.79 bits per heavy atom. The van der Waals surface area contributed by atoms with E-state index in [4.69, 9.17) is 0 Å². The van der Waals surface area contributed by atoms with Crippen LogP contribution in [0.4, 0.5) is 5.69 Å². The van der Waals surface area contributed by atoms with Gasteiger partial charge in [-0.15, -0.1) is 0 Å². The van der Waals surface area contributed by atoms with Crippen LogP contribution in [-0.4, -0.2) is 49.6 Å². The molecule has 0 aliphatic carbocycles. The fraction of sp³-hybridized carbons (Fsp3) is 0.458. The summed E-state index contributed by atoms with van der Waals surface area (Å²) in [6.45, 7) is 9.62. The summed E-state index contributed by atoms with van der Waals surface area (Å²) in [6, 6.07) is 19.2. The molecule has 1 unspecified atom stereocenters. The number of piperazine rings is 1. The SMILES string of the molecule is Cc1cccc(N2CCN(CCC(C)NC(=O)CCc3ccccc3)CC2)c1. The van der Waals surface area contributed by atoms with E-state index >= 15 is 0 Å². The molecule has 1 aliphatic heterocycles. The molecule has 1 aliphatic rings. The van der Waals surface area contributed by atoms with Gasteiger partial charge in [0.05, 0.1) is 0 Å². The Morgan fingerprint density at radius 1 is 1.04 bits per heavy atom. The van der Waals surface area contributed by atoms with Gasteiger partial charge in [0.25, 0.3) is 0 Å². The molecule has 150 valence electrons. The molecule has 28 heavy (non-hydrogen) atoms. The zero-order valence-electron chi connectivity index (χ0n) is 17.2. The van der Waals surface area contributed by atoms with Crippen LogP contribution in [0.15, 0.2) is 54.6 Å². The minimum atomic E-state index is 0.153. The van der Waals surface area contributed by atoms with Gasteiger partial charge in [-0.05, 0) is 49.9 Å². The van der Waals surface area contributed by atoms with Crippen LogP contribution in [0.5, 0.6) is 0 Å². The number of nitrogens with one attached hydrogen (secondary N) is 1. The predicted octanol–water partition coefficient (Wildman–Crippen LogP) is 3.64. The maximum atomic E-state index is 12.2. The highest BCUT2D eigenvalue weighted by atomic mass is 16.1. The molecule has 0 saturated carbocycles. The van der Waals surface area contributed by atoms with E-state index in [9.17, 15) is 4.79 Å². The molecule has 0 spiro atoms. The standard InChI is InChI=1S/C24H33N3O/c1-20-7-6-10-23(19-20)27-17-15-26(16-18-27)14-13-21(2)25-24(28)12-11-22-8-4-3-5-9-22/h3-10,19,21H,11-18H2,1-2H3,(H,25,28). The highest BCUT2D eigenvalue weighted by molar-refractivity contribution is 5.76. The molecule has 4 nitrogen and oxygen atoms in total. The smallest absolute Gasteiger partial charge is 0.220 e. The molecule has 3 rings (SSSR count). The summed E-state index contributed by atoms with van der Waals surface area (Å²) in [5.74, 6) is 0.153. The van der Waals surface area contributed by atoms with Crippen LogP contribution in [0.25, 0.3) is 0 Å². The molecule has 0 bridgehead atoms. The quantitative estimate of drug-likeness (QED) is 0.761. The maximum Gasteiger partial charge on any atom is 0.220 e. The molecule has 1 saturated heterocycles. The Morgan fingerprint density at radius 3 is 2.50 bits per heavy atom. The third-order valence-electron chi connectivity index (χ3n) is 5.51. The van der Waals surface area contributed by atoms with Crippen LogP contribution in [0, 0.1) is 6.92 Å². The Kier molecular flexibility index (Phi) is 7.49.